The Bertz CT molecular complexity index is 101. The normalized spacial score (nSPS) is 11.1. The minimum Gasteiger partial charge on any atom is -0.461 e. The zero-order valence-electron chi connectivity index (χ0n) is 8.59. The van der Waals surface area contributed by atoms with E-state index in [0.29, 0.717) is 6.54 Å². The van der Waals surface area contributed by atoms with E-state index in [2.05, 4.69) is 13.8 Å². The number of hydrogen-bond acceptors (Lipinski definition) is 3. The molecule has 0 heterocycles. The van der Waals surface area contributed by atoms with Gasteiger partial charge in [0.05, 0.1) is 0 Å². The van der Waals surface area contributed by atoms with Gasteiger partial charge in [-0.05, 0) is 6.42 Å². The van der Waals surface area contributed by atoms with Crippen LogP contribution in [0.2, 0.25) is 0 Å². The van der Waals surface area contributed by atoms with Gasteiger partial charge in [-0.3, -0.25) is 4.79 Å². The zero-order chi connectivity index (χ0) is 9.98. The minimum atomic E-state index is -0.257. The maximum atomic E-state index is 10.3. The van der Waals surface area contributed by atoms with Crippen LogP contribution in [-0.4, -0.2) is 18.6 Å². The van der Waals surface area contributed by atoms with Crippen molar-refractivity contribution >= 4 is 5.97 Å². The fourth-order valence-electron chi connectivity index (χ4n) is 0.533. The Balaban J connectivity index is 0. The molecular weight excluding hydrogens is 154 g/mol. The van der Waals surface area contributed by atoms with Crippen LogP contribution in [0.3, 0.4) is 0 Å². The average molecular weight is 175 g/mol. The molecule has 2 N–H and O–H groups in total. The van der Waals surface area contributed by atoms with E-state index in [1.165, 1.54) is 13.3 Å². The number of rotatable bonds is 3. The number of esters is 1. The van der Waals surface area contributed by atoms with Gasteiger partial charge in [0.1, 0.15) is 6.10 Å². The van der Waals surface area contributed by atoms with Gasteiger partial charge in [-0.2, -0.15) is 0 Å². The first-order valence-corrected chi connectivity index (χ1v) is 4.49. The predicted molar refractivity (Wildman–Crippen MR) is 50.9 cm³/mol. The van der Waals surface area contributed by atoms with Crippen LogP contribution in [0.4, 0.5) is 0 Å². The number of nitrogens with two attached hydrogens (primary N) is 1. The van der Waals surface area contributed by atoms with E-state index < -0.39 is 0 Å². The van der Waals surface area contributed by atoms with E-state index >= 15 is 0 Å². The molecule has 74 valence electrons. The Kier molecular flexibility index (Phi) is 12.2. The van der Waals surface area contributed by atoms with Crippen molar-refractivity contribution in [1.82, 2.24) is 0 Å². The molecule has 1 unspecified atom stereocenters. The van der Waals surface area contributed by atoms with Crippen molar-refractivity contribution in [2.75, 3.05) is 6.54 Å². The fourth-order valence-corrected chi connectivity index (χ4v) is 0.533. The van der Waals surface area contributed by atoms with Gasteiger partial charge < -0.3 is 10.5 Å². The lowest BCUT2D eigenvalue weighted by Gasteiger charge is -2.10. The summed E-state index contributed by atoms with van der Waals surface area (Å²) in [6.45, 7) is 7.98. The van der Waals surface area contributed by atoms with Crippen molar-refractivity contribution in [3.63, 3.8) is 0 Å². The van der Waals surface area contributed by atoms with Crippen molar-refractivity contribution in [1.29, 1.82) is 0 Å². The van der Waals surface area contributed by atoms with Crippen LogP contribution in [0, 0.1) is 0 Å². The van der Waals surface area contributed by atoms with E-state index in [9.17, 15) is 4.79 Å². The fraction of sp³-hybridized carbons (Fsp3) is 0.889. The van der Waals surface area contributed by atoms with Gasteiger partial charge in [0.2, 0.25) is 0 Å². The molecule has 0 aromatic carbocycles. The Morgan fingerprint density at radius 1 is 1.42 bits per heavy atom. The van der Waals surface area contributed by atoms with Crippen LogP contribution in [-0.2, 0) is 9.53 Å². The Morgan fingerprint density at radius 3 is 1.92 bits per heavy atom. The van der Waals surface area contributed by atoms with E-state index in [1.54, 1.807) is 0 Å². The molecule has 0 rings (SSSR count). The molecule has 3 nitrogen and oxygen atoms in total. The van der Waals surface area contributed by atoms with Crippen molar-refractivity contribution in [2.45, 2.75) is 46.6 Å². The predicted octanol–water partition coefficient (Wildman–Crippen LogP) is 1.70. The molecule has 0 saturated carbocycles. The Hall–Kier alpha value is -0.570. The largest absolute Gasteiger partial charge is 0.461 e. The first-order valence-electron chi connectivity index (χ1n) is 4.49. The van der Waals surface area contributed by atoms with Gasteiger partial charge in [-0.1, -0.05) is 27.2 Å². The lowest BCUT2D eigenvalue weighted by Crippen LogP contribution is -2.24. The van der Waals surface area contributed by atoms with Crippen molar-refractivity contribution in [3.8, 4) is 0 Å². The van der Waals surface area contributed by atoms with E-state index in [-0.39, 0.29) is 12.1 Å². The third-order valence-corrected chi connectivity index (χ3v) is 1.05. The molecule has 0 aliphatic heterocycles. The summed E-state index contributed by atoms with van der Waals surface area (Å²) in [7, 11) is 0. The van der Waals surface area contributed by atoms with Crippen molar-refractivity contribution in [3.05, 3.63) is 0 Å². The van der Waals surface area contributed by atoms with Crippen LogP contribution in [0.25, 0.3) is 0 Å². The summed E-state index contributed by atoms with van der Waals surface area (Å²) in [5, 5.41) is 0. The average Bonchev–Trinajstić information content (AvgIpc) is 2.01. The smallest absolute Gasteiger partial charge is 0.302 e. The summed E-state index contributed by atoms with van der Waals surface area (Å²) in [5.74, 6) is -0.257. The lowest BCUT2D eigenvalue weighted by atomic mass is 10.3. The monoisotopic (exact) mass is 175 g/mol. The second-order valence-electron chi connectivity index (χ2n) is 2.58. The zero-order valence-corrected chi connectivity index (χ0v) is 8.59. The SMILES string of the molecule is CCC.CCC(CN)OC(C)=O. The first-order chi connectivity index (χ1) is 5.62. The molecule has 0 aromatic heterocycles. The van der Waals surface area contributed by atoms with E-state index in [1.807, 2.05) is 6.92 Å². The van der Waals surface area contributed by atoms with Crippen LogP contribution < -0.4 is 5.73 Å². The second-order valence-corrected chi connectivity index (χ2v) is 2.58. The summed E-state index contributed by atoms with van der Waals surface area (Å²) < 4.78 is 4.78. The molecule has 0 spiro atoms. The maximum Gasteiger partial charge on any atom is 0.302 e. The highest BCUT2D eigenvalue weighted by atomic mass is 16.5. The molecule has 0 fully saturated rings. The molecule has 0 saturated heterocycles. The standard InChI is InChI=1S/C6H13NO2.C3H8/c1-3-6(4-7)9-5(2)8;1-3-2/h6H,3-4,7H2,1-2H3;3H2,1-2H3. The topological polar surface area (TPSA) is 52.3 Å². The van der Waals surface area contributed by atoms with E-state index in [4.69, 9.17) is 10.5 Å². The van der Waals surface area contributed by atoms with Gasteiger partial charge in [0, 0.05) is 13.5 Å². The highest BCUT2D eigenvalue weighted by Gasteiger charge is 2.04. The van der Waals surface area contributed by atoms with Gasteiger partial charge in [-0.15, -0.1) is 0 Å². The molecule has 0 aliphatic carbocycles. The van der Waals surface area contributed by atoms with Crippen LogP contribution in [0.5, 0.6) is 0 Å². The first kappa shape index (κ1) is 14.0. The van der Waals surface area contributed by atoms with Gasteiger partial charge in [-0.25, -0.2) is 0 Å². The maximum absolute atomic E-state index is 10.3. The molecule has 0 radical (unpaired) electrons. The number of carbonyl (C=O) groups excluding carboxylic acids is 1. The van der Waals surface area contributed by atoms with Crippen molar-refractivity contribution < 1.29 is 9.53 Å². The molecular formula is C9H21NO2. The highest BCUT2D eigenvalue weighted by molar-refractivity contribution is 5.66. The third-order valence-electron chi connectivity index (χ3n) is 1.05. The summed E-state index contributed by atoms with van der Waals surface area (Å²) in [6.07, 6.45) is 1.94. The van der Waals surface area contributed by atoms with Gasteiger partial charge >= 0.3 is 5.97 Å². The Morgan fingerprint density at radius 2 is 1.83 bits per heavy atom. The molecule has 1 atom stereocenters. The van der Waals surface area contributed by atoms with Crippen LogP contribution >= 0.6 is 0 Å². The molecule has 0 bridgehead atoms. The summed E-state index contributed by atoms with van der Waals surface area (Å²) in [6, 6.07) is 0. The highest BCUT2D eigenvalue weighted by Crippen LogP contribution is 1.94. The number of ether oxygens (including phenoxy) is 1. The van der Waals surface area contributed by atoms with Gasteiger partial charge in [0.15, 0.2) is 0 Å². The summed E-state index contributed by atoms with van der Waals surface area (Å²) >= 11 is 0. The summed E-state index contributed by atoms with van der Waals surface area (Å²) in [4.78, 5) is 10.3. The van der Waals surface area contributed by atoms with E-state index in [0.717, 1.165) is 6.42 Å². The third kappa shape index (κ3) is 12.1. The quantitative estimate of drug-likeness (QED) is 0.664. The molecule has 0 aliphatic rings. The number of carbonyl (C=O) groups is 1. The number of hydrogen-bond donors (Lipinski definition) is 1. The Labute approximate surface area is 75.3 Å². The second kappa shape index (κ2) is 10.4. The van der Waals surface area contributed by atoms with Crippen LogP contribution in [0.15, 0.2) is 0 Å². The van der Waals surface area contributed by atoms with Gasteiger partial charge in [0.25, 0.3) is 0 Å². The molecule has 3 heteroatoms. The lowest BCUT2D eigenvalue weighted by molar-refractivity contribution is -0.145. The summed E-state index contributed by atoms with van der Waals surface area (Å²) in [5.41, 5.74) is 5.25. The minimum absolute atomic E-state index is 0.0949. The van der Waals surface area contributed by atoms with Crippen molar-refractivity contribution in [2.24, 2.45) is 5.73 Å². The molecule has 0 aromatic rings. The van der Waals surface area contributed by atoms with Crippen LogP contribution in [0.1, 0.15) is 40.5 Å². The molecule has 0 amide bonds. The molecule has 12 heavy (non-hydrogen) atoms.